The number of carbonyl (C=O) groups is 2. The van der Waals surface area contributed by atoms with Gasteiger partial charge in [-0.25, -0.2) is 0 Å². The van der Waals surface area contributed by atoms with Gasteiger partial charge in [-0.15, -0.1) is 13.1 Å². The summed E-state index contributed by atoms with van der Waals surface area (Å²) in [6.45, 7) is 16.5. The van der Waals surface area contributed by atoms with Gasteiger partial charge in [0.05, 0.1) is 0 Å². The fraction of sp³-hybridized carbons (Fsp3) is 0.533. The van der Waals surface area contributed by atoms with Crippen LogP contribution >= 0.6 is 0 Å². The monoisotopic (exact) mass is 716 g/mol. The van der Waals surface area contributed by atoms with Gasteiger partial charge < -0.3 is 55.0 Å². The summed E-state index contributed by atoms with van der Waals surface area (Å²) >= 11 is 0. The third kappa shape index (κ3) is 13.8. The Kier molecular flexibility index (Phi) is 21.9. The van der Waals surface area contributed by atoms with Crippen LogP contribution in [0.4, 0.5) is 0 Å². The minimum atomic E-state index is 0. The van der Waals surface area contributed by atoms with E-state index >= 15 is 0 Å². The van der Waals surface area contributed by atoms with Gasteiger partial charge in [0.2, 0.25) is 0 Å². The molecule has 0 aromatic carbocycles. The summed E-state index contributed by atoms with van der Waals surface area (Å²) in [6, 6.07) is 0. The molecule has 0 spiro atoms. The third-order valence-electron chi connectivity index (χ3n) is 6.46. The first kappa shape index (κ1) is 38.3. The molecule has 0 fully saturated rings. The van der Waals surface area contributed by atoms with E-state index in [1.54, 1.807) is 24.6 Å². The molecule has 218 valence electrons. The molecule has 0 saturated carbocycles. The molecule has 0 atom stereocenters. The molecule has 0 amide bonds. The van der Waals surface area contributed by atoms with Crippen LogP contribution in [0.1, 0.15) is 40.5 Å². The molecule has 0 radical (unpaired) electrons. The Hall–Kier alpha value is -1.73. The zero-order chi connectivity index (χ0) is 27.6. The largest absolute Gasteiger partial charge is 3.00 e. The van der Waals surface area contributed by atoms with Gasteiger partial charge in [-0.3, -0.25) is 9.59 Å². The average Bonchev–Trinajstić information content (AvgIpc) is 2.92. The van der Waals surface area contributed by atoms with Gasteiger partial charge >= 0.3 is 19.8 Å². The second-order valence-electron chi connectivity index (χ2n) is 9.03. The van der Waals surface area contributed by atoms with Gasteiger partial charge in [0.15, 0.2) is 11.6 Å². The molecule has 2 aliphatic carbocycles. The Morgan fingerprint density at radius 3 is 1.35 bits per heavy atom. The maximum atomic E-state index is 12.3. The van der Waals surface area contributed by atoms with E-state index in [2.05, 4.69) is 58.8 Å². The Labute approximate surface area is 272 Å². The zero-order valence-electron chi connectivity index (χ0n) is 24.7. The second kappa shape index (κ2) is 22.9. The maximum absolute atomic E-state index is 12.3. The first-order chi connectivity index (χ1) is 18.5. The molecule has 10 heteroatoms. The van der Waals surface area contributed by atoms with Gasteiger partial charge in [0.1, 0.15) is 0 Å². The van der Waals surface area contributed by atoms with Crippen LogP contribution in [-0.2, 0) is 9.59 Å². The molecule has 0 heterocycles. The first-order valence-corrected chi connectivity index (χ1v) is 14.1. The molecule has 2 N–H and O–H groups in total. The van der Waals surface area contributed by atoms with Crippen LogP contribution in [0.3, 0.4) is 0 Å². The summed E-state index contributed by atoms with van der Waals surface area (Å²) < 4.78 is 0. The standard InChI is InChI=1S/C30H46N6O2.Ga.HI/c1-5-35(6-2)27-13-11-25(29(37)21-27)23-33-17-9-15-31-19-20-32-16-10-18-34-24-26-12-14-28(22-30(26)38)36(7-3)8-4;;/h11-14,21-24,33-34H,5-10,15-20H2,1-4H3;;1H/q-2;+3;/p-1/b25-23-,26-24+;;/i;1-3;. The maximum Gasteiger partial charge on any atom is 3.00 e. The number of nitrogens with one attached hydrogen (secondary N) is 2. The number of hydrogen-bond donors (Lipinski definition) is 2. The molecule has 0 bridgehead atoms. The van der Waals surface area contributed by atoms with E-state index in [0.29, 0.717) is 11.1 Å². The summed E-state index contributed by atoms with van der Waals surface area (Å²) in [5, 5.41) is 15.5. The molecule has 0 aromatic heterocycles. The number of likely N-dealkylation sites (N-methyl/N-ethyl adjacent to an activating group) is 2. The number of rotatable bonds is 19. The molecular formula is C30H46GaIN6O2. The summed E-state index contributed by atoms with van der Waals surface area (Å²) in [6.07, 6.45) is 16.6. The van der Waals surface area contributed by atoms with Crippen LogP contribution in [0, 0.1) is 0 Å². The van der Waals surface area contributed by atoms with E-state index in [-0.39, 0.29) is 55.3 Å². The predicted molar refractivity (Wildman–Crippen MR) is 164 cm³/mol. The van der Waals surface area contributed by atoms with Gasteiger partial charge in [0, 0.05) is 86.4 Å². The van der Waals surface area contributed by atoms with Crippen molar-refractivity contribution in [1.82, 2.24) is 20.4 Å². The van der Waals surface area contributed by atoms with E-state index in [9.17, 15) is 9.59 Å². The van der Waals surface area contributed by atoms with E-state index in [0.717, 1.165) is 89.7 Å². The minimum Gasteiger partial charge on any atom is -1.00 e. The molecule has 0 aliphatic heterocycles. The van der Waals surface area contributed by atoms with Crippen molar-refractivity contribution in [2.24, 2.45) is 0 Å². The summed E-state index contributed by atoms with van der Waals surface area (Å²) in [5.74, 6) is 0.0851. The molecule has 8 nitrogen and oxygen atoms in total. The Bertz CT molecular complexity index is 874. The number of nitrogens with zero attached hydrogens (tertiary/aromatic N) is 4. The Balaban J connectivity index is 0.00000760. The normalized spacial score (nSPS) is 16.3. The van der Waals surface area contributed by atoms with Gasteiger partial charge in [-0.2, -0.15) is 13.1 Å². The summed E-state index contributed by atoms with van der Waals surface area (Å²) in [5.41, 5.74) is 3.33. The smallest absolute Gasteiger partial charge is 1.00 e. The van der Waals surface area contributed by atoms with Crippen LogP contribution in [0.2, 0.25) is 0 Å². The fourth-order valence-corrected chi connectivity index (χ4v) is 4.17. The quantitative estimate of drug-likeness (QED) is 0.0891. The van der Waals surface area contributed by atoms with Crippen molar-refractivity contribution < 1.29 is 33.6 Å². The van der Waals surface area contributed by atoms with Gasteiger partial charge in [-0.05, 0) is 52.0 Å². The minimum absolute atomic E-state index is 0. The number of ketones is 2. The molecular weight excluding hydrogens is 670 g/mol. The predicted octanol–water partition coefficient (Wildman–Crippen LogP) is 0.813. The topological polar surface area (TPSA) is 92.9 Å². The van der Waals surface area contributed by atoms with Crippen LogP contribution in [0.25, 0.3) is 10.6 Å². The number of carbonyl (C=O) groups excluding carboxylic acids is 2. The van der Waals surface area contributed by atoms with E-state index in [1.165, 1.54) is 0 Å². The Morgan fingerprint density at radius 1 is 0.650 bits per heavy atom. The van der Waals surface area contributed by atoms with E-state index < -0.39 is 0 Å². The molecule has 0 aromatic rings. The van der Waals surface area contributed by atoms with Crippen LogP contribution < -0.4 is 34.6 Å². The van der Waals surface area contributed by atoms with Crippen molar-refractivity contribution in [3.05, 3.63) is 82.0 Å². The summed E-state index contributed by atoms with van der Waals surface area (Å²) in [4.78, 5) is 29.0. The third-order valence-corrected chi connectivity index (χ3v) is 6.46. The molecule has 2 rings (SSSR count). The average molecular weight is 717 g/mol. The van der Waals surface area contributed by atoms with Crippen molar-refractivity contribution in [2.75, 3.05) is 65.4 Å². The van der Waals surface area contributed by atoms with Crippen molar-refractivity contribution in [2.45, 2.75) is 40.5 Å². The first-order valence-electron chi connectivity index (χ1n) is 14.1. The van der Waals surface area contributed by atoms with E-state index in [4.69, 9.17) is 0 Å². The van der Waals surface area contributed by atoms with Crippen LogP contribution in [0.15, 0.2) is 71.4 Å². The van der Waals surface area contributed by atoms with Gasteiger partial charge in [-0.1, -0.05) is 12.8 Å². The van der Waals surface area contributed by atoms with Crippen molar-refractivity contribution in [3.63, 3.8) is 0 Å². The van der Waals surface area contributed by atoms with Gasteiger partial charge in [0.25, 0.3) is 0 Å². The molecule has 0 unspecified atom stereocenters. The van der Waals surface area contributed by atoms with Crippen LogP contribution in [-0.4, -0.2) is 107 Å². The number of hydrogen-bond acceptors (Lipinski definition) is 6. The number of allylic oxidation sites excluding steroid dienone is 8. The molecule has 2 aliphatic rings. The van der Waals surface area contributed by atoms with Crippen LogP contribution in [0.5, 0.6) is 0 Å². The van der Waals surface area contributed by atoms with Crippen molar-refractivity contribution >= 4 is 31.4 Å². The van der Waals surface area contributed by atoms with E-state index in [1.807, 2.05) is 24.3 Å². The fourth-order valence-electron chi connectivity index (χ4n) is 4.17. The molecule has 0 saturated heterocycles. The number of halogens is 1. The second-order valence-corrected chi connectivity index (χ2v) is 9.03. The Morgan fingerprint density at radius 2 is 1.02 bits per heavy atom. The zero-order valence-corrected chi connectivity index (χ0v) is 29.2. The van der Waals surface area contributed by atoms with Crippen molar-refractivity contribution in [1.29, 1.82) is 0 Å². The molecule has 40 heavy (non-hydrogen) atoms. The summed E-state index contributed by atoms with van der Waals surface area (Å²) in [7, 11) is 0. The SMILES string of the molecule is CCN(CC)C1=CC(=O)/C(=C\NCCC[N-]CC[N-]CCCN/C=C2\C=CC(N(CC)CC)=CC2=O)C=C1.[67Ga+3].[I-]. The van der Waals surface area contributed by atoms with Crippen molar-refractivity contribution in [3.8, 4) is 0 Å².